The van der Waals surface area contributed by atoms with Crippen LogP contribution in [0.25, 0.3) is 0 Å². The molecule has 1 atom stereocenters. The standard InChI is InChI=1S/C18H26N2O4/c1-13-7-5-8-14(11-13)19-16(21)23-12-15-9-6-10-20(15)17(22)24-18(2,3)4/h5,7-8,11,15H,6,9-10,12H2,1-4H3,(H,19,21)/t15-/m1/s1. The predicted molar refractivity (Wildman–Crippen MR) is 92.1 cm³/mol. The van der Waals surface area contributed by atoms with Crippen molar-refractivity contribution in [2.24, 2.45) is 0 Å². The molecule has 1 aliphatic rings. The highest BCUT2D eigenvalue weighted by Gasteiger charge is 2.32. The summed E-state index contributed by atoms with van der Waals surface area (Å²) >= 11 is 0. The van der Waals surface area contributed by atoms with Crippen LogP contribution >= 0.6 is 0 Å². The molecule has 1 saturated heterocycles. The van der Waals surface area contributed by atoms with Crippen molar-refractivity contribution in [2.45, 2.75) is 52.2 Å². The molecule has 1 aliphatic heterocycles. The summed E-state index contributed by atoms with van der Waals surface area (Å²) < 4.78 is 10.7. The van der Waals surface area contributed by atoms with Gasteiger partial charge in [0, 0.05) is 12.2 Å². The van der Waals surface area contributed by atoms with E-state index in [9.17, 15) is 9.59 Å². The van der Waals surface area contributed by atoms with E-state index in [-0.39, 0.29) is 18.7 Å². The minimum Gasteiger partial charge on any atom is -0.447 e. The second kappa shape index (κ2) is 7.55. The lowest BCUT2D eigenvalue weighted by molar-refractivity contribution is 0.0165. The highest BCUT2D eigenvalue weighted by molar-refractivity contribution is 5.84. The summed E-state index contributed by atoms with van der Waals surface area (Å²) in [7, 11) is 0. The maximum absolute atomic E-state index is 12.2. The molecule has 132 valence electrons. The third kappa shape index (κ3) is 5.44. The van der Waals surface area contributed by atoms with E-state index in [1.807, 2.05) is 45.9 Å². The van der Waals surface area contributed by atoms with E-state index in [2.05, 4.69) is 5.32 Å². The van der Waals surface area contributed by atoms with Gasteiger partial charge in [-0.3, -0.25) is 5.32 Å². The Bertz CT molecular complexity index is 595. The van der Waals surface area contributed by atoms with Gasteiger partial charge in [-0.2, -0.15) is 0 Å². The number of likely N-dealkylation sites (tertiary alicyclic amines) is 1. The van der Waals surface area contributed by atoms with Crippen molar-refractivity contribution in [3.8, 4) is 0 Å². The van der Waals surface area contributed by atoms with Crippen molar-refractivity contribution in [2.75, 3.05) is 18.5 Å². The first kappa shape index (κ1) is 18.1. The summed E-state index contributed by atoms with van der Waals surface area (Å²) in [5, 5.41) is 2.69. The van der Waals surface area contributed by atoms with Crippen molar-refractivity contribution in [3.63, 3.8) is 0 Å². The number of ether oxygens (including phenoxy) is 2. The minimum absolute atomic E-state index is 0.136. The first-order chi connectivity index (χ1) is 11.2. The van der Waals surface area contributed by atoms with E-state index in [0.717, 1.165) is 18.4 Å². The number of carbonyl (C=O) groups is 2. The van der Waals surface area contributed by atoms with Gasteiger partial charge in [0.15, 0.2) is 0 Å². The number of amides is 2. The molecule has 0 radical (unpaired) electrons. The van der Waals surface area contributed by atoms with Gasteiger partial charge in [-0.25, -0.2) is 9.59 Å². The Morgan fingerprint density at radius 1 is 1.33 bits per heavy atom. The van der Waals surface area contributed by atoms with Crippen LogP contribution in [-0.4, -0.2) is 41.9 Å². The Labute approximate surface area is 143 Å². The molecule has 1 fully saturated rings. The number of aryl methyl sites for hydroxylation is 1. The van der Waals surface area contributed by atoms with Crippen LogP contribution in [0.2, 0.25) is 0 Å². The molecule has 1 heterocycles. The van der Waals surface area contributed by atoms with Gasteiger partial charge in [0.2, 0.25) is 0 Å². The molecule has 1 N–H and O–H groups in total. The molecule has 0 aromatic heterocycles. The summed E-state index contributed by atoms with van der Waals surface area (Å²) in [6, 6.07) is 7.35. The summed E-state index contributed by atoms with van der Waals surface area (Å²) in [5.41, 5.74) is 1.21. The van der Waals surface area contributed by atoms with Crippen LogP contribution in [0, 0.1) is 6.92 Å². The van der Waals surface area contributed by atoms with E-state index >= 15 is 0 Å². The average molecular weight is 334 g/mol. The fourth-order valence-electron chi connectivity index (χ4n) is 2.62. The molecule has 6 heteroatoms. The Kier molecular flexibility index (Phi) is 5.70. The fraction of sp³-hybridized carbons (Fsp3) is 0.556. The monoisotopic (exact) mass is 334 g/mol. The number of nitrogens with one attached hydrogen (secondary N) is 1. The molecule has 0 saturated carbocycles. The quantitative estimate of drug-likeness (QED) is 0.909. The number of hydrogen-bond donors (Lipinski definition) is 1. The van der Waals surface area contributed by atoms with Gasteiger partial charge in [-0.15, -0.1) is 0 Å². The molecule has 1 aromatic carbocycles. The van der Waals surface area contributed by atoms with Crippen LogP contribution in [-0.2, 0) is 9.47 Å². The lowest BCUT2D eigenvalue weighted by atomic mass is 10.2. The molecule has 0 bridgehead atoms. The van der Waals surface area contributed by atoms with Crippen molar-refractivity contribution < 1.29 is 19.1 Å². The molecular weight excluding hydrogens is 308 g/mol. The van der Waals surface area contributed by atoms with Gasteiger partial charge in [-0.1, -0.05) is 12.1 Å². The summed E-state index contributed by atoms with van der Waals surface area (Å²) in [4.78, 5) is 25.8. The molecule has 1 aromatic rings. The van der Waals surface area contributed by atoms with E-state index in [1.54, 1.807) is 11.0 Å². The SMILES string of the molecule is Cc1cccc(NC(=O)OC[C@H]2CCCN2C(=O)OC(C)(C)C)c1. The lowest BCUT2D eigenvalue weighted by Crippen LogP contribution is -2.42. The van der Waals surface area contributed by atoms with Crippen molar-refractivity contribution in [3.05, 3.63) is 29.8 Å². The lowest BCUT2D eigenvalue weighted by Gasteiger charge is -2.28. The molecule has 24 heavy (non-hydrogen) atoms. The number of benzene rings is 1. The zero-order chi connectivity index (χ0) is 17.7. The van der Waals surface area contributed by atoms with E-state index in [4.69, 9.17) is 9.47 Å². The van der Waals surface area contributed by atoms with Gasteiger partial charge < -0.3 is 14.4 Å². The van der Waals surface area contributed by atoms with Crippen LogP contribution < -0.4 is 5.32 Å². The fourth-order valence-corrected chi connectivity index (χ4v) is 2.62. The normalized spacial score (nSPS) is 17.5. The van der Waals surface area contributed by atoms with Gasteiger partial charge in [0.1, 0.15) is 12.2 Å². The van der Waals surface area contributed by atoms with Gasteiger partial charge >= 0.3 is 12.2 Å². The van der Waals surface area contributed by atoms with Gasteiger partial charge in [0.05, 0.1) is 6.04 Å². The largest absolute Gasteiger partial charge is 0.447 e. The topological polar surface area (TPSA) is 67.9 Å². The molecule has 2 amide bonds. The first-order valence-corrected chi connectivity index (χ1v) is 8.25. The Balaban J connectivity index is 1.84. The summed E-state index contributed by atoms with van der Waals surface area (Å²) in [6.07, 6.45) is 0.813. The highest BCUT2D eigenvalue weighted by Crippen LogP contribution is 2.21. The van der Waals surface area contributed by atoms with Crippen LogP contribution in [0.4, 0.5) is 15.3 Å². The summed E-state index contributed by atoms with van der Waals surface area (Å²) in [6.45, 7) is 8.25. The minimum atomic E-state index is -0.534. The molecule has 2 rings (SSSR count). The number of hydrogen-bond acceptors (Lipinski definition) is 4. The Morgan fingerprint density at radius 2 is 2.08 bits per heavy atom. The number of rotatable bonds is 3. The Hall–Kier alpha value is -2.24. The van der Waals surface area contributed by atoms with E-state index in [0.29, 0.717) is 12.2 Å². The zero-order valence-electron chi connectivity index (χ0n) is 14.8. The average Bonchev–Trinajstić information content (AvgIpc) is 2.92. The second-order valence-electron chi connectivity index (χ2n) is 7.06. The molecule has 0 unspecified atom stereocenters. The molecule has 6 nitrogen and oxygen atoms in total. The zero-order valence-corrected chi connectivity index (χ0v) is 14.8. The maximum Gasteiger partial charge on any atom is 0.411 e. The van der Waals surface area contributed by atoms with Crippen molar-refractivity contribution in [1.82, 2.24) is 4.90 Å². The number of nitrogens with zero attached hydrogens (tertiary/aromatic N) is 1. The Morgan fingerprint density at radius 3 is 2.75 bits per heavy atom. The maximum atomic E-state index is 12.2. The smallest absolute Gasteiger partial charge is 0.411 e. The number of carbonyl (C=O) groups excluding carboxylic acids is 2. The highest BCUT2D eigenvalue weighted by atomic mass is 16.6. The third-order valence-corrected chi connectivity index (χ3v) is 3.68. The second-order valence-corrected chi connectivity index (χ2v) is 7.06. The molecule has 0 aliphatic carbocycles. The molecule has 0 spiro atoms. The van der Waals surface area contributed by atoms with Crippen LogP contribution in [0.15, 0.2) is 24.3 Å². The van der Waals surface area contributed by atoms with Crippen molar-refractivity contribution in [1.29, 1.82) is 0 Å². The van der Waals surface area contributed by atoms with E-state index < -0.39 is 11.7 Å². The summed E-state index contributed by atoms with van der Waals surface area (Å²) in [5.74, 6) is 0. The van der Waals surface area contributed by atoms with Crippen LogP contribution in [0.5, 0.6) is 0 Å². The number of anilines is 1. The van der Waals surface area contributed by atoms with Crippen LogP contribution in [0.3, 0.4) is 0 Å². The third-order valence-electron chi connectivity index (χ3n) is 3.68. The van der Waals surface area contributed by atoms with Gasteiger partial charge in [0.25, 0.3) is 0 Å². The van der Waals surface area contributed by atoms with Crippen molar-refractivity contribution >= 4 is 17.9 Å². The molecular formula is C18H26N2O4. The van der Waals surface area contributed by atoms with Crippen LogP contribution in [0.1, 0.15) is 39.2 Å². The van der Waals surface area contributed by atoms with E-state index in [1.165, 1.54) is 0 Å². The van der Waals surface area contributed by atoms with Gasteiger partial charge in [-0.05, 0) is 58.2 Å². The predicted octanol–water partition coefficient (Wildman–Crippen LogP) is 3.94. The first-order valence-electron chi connectivity index (χ1n) is 8.25.